The van der Waals surface area contributed by atoms with Gasteiger partial charge in [-0.05, 0) is 25.9 Å². The number of imidazole rings is 1. The lowest BCUT2D eigenvalue weighted by Gasteiger charge is -2.22. The van der Waals surface area contributed by atoms with Gasteiger partial charge in [0.2, 0.25) is 0 Å². The maximum atomic E-state index is 12.0. The molecule has 0 bridgehead atoms. The summed E-state index contributed by atoms with van der Waals surface area (Å²) in [6.45, 7) is 11.3. The number of hydrogen-bond donors (Lipinski definition) is 2. The van der Waals surface area contributed by atoms with E-state index < -0.39 is 12.0 Å². The van der Waals surface area contributed by atoms with E-state index in [1.165, 1.54) is 193 Å². The van der Waals surface area contributed by atoms with Crippen molar-refractivity contribution in [2.24, 2.45) is 5.73 Å². The first-order valence-corrected chi connectivity index (χ1v) is 23.5. The molecule has 1 aromatic rings. The number of hydrogen-bond acceptors (Lipinski definition) is 8. The van der Waals surface area contributed by atoms with Crippen LogP contribution in [0.3, 0.4) is 0 Å². The SMILES string of the molecule is CCCCCCCCCCCCCCCCN(CCCCCCCCCCCCCCCC)CCOCCOCCOCCOC(=O)C(N)Cc1cnc[nH]1. The molecule has 1 heterocycles. The summed E-state index contributed by atoms with van der Waals surface area (Å²) < 4.78 is 22.4. The number of unbranched alkanes of at least 4 members (excludes halogenated alkanes) is 26. The van der Waals surface area contributed by atoms with Crippen LogP contribution in [0.5, 0.6) is 0 Å². The second-order valence-electron chi connectivity index (χ2n) is 15.9. The van der Waals surface area contributed by atoms with Crippen LogP contribution < -0.4 is 5.73 Å². The maximum absolute atomic E-state index is 12.0. The van der Waals surface area contributed by atoms with Gasteiger partial charge in [0.05, 0.1) is 46.0 Å². The Labute approximate surface area is 339 Å². The molecule has 0 aliphatic rings. The second kappa shape index (κ2) is 42.1. The van der Waals surface area contributed by atoms with Crippen molar-refractivity contribution in [2.45, 2.75) is 206 Å². The van der Waals surface area contributed by atoms with E-state index in [9.17, 15) is 4.79 Å². The molecule has 9 nitrogen and oxygen atoms in total. The maximum Gasteiger partial charge on any atom is 0.323 e. The molecule has 0 fully saturated rings. The van der Waals surface area contributed by atoms with E-state index >= 15 is 0 Å². The smallest absolute Gasteiger partial charge is 0.323 e. The van der Waals surface area contributed by atoms with E-state index in [0.29, 0.717) is 39.5 Å². The lowest BCUT2D eigenvalue weighted by molar-refractivity contribution is -0.146. The molecule has 1 atom stereocenters. The number of aromatic amines is 1. The average molecular weight is 779 g/mol. The minimum absolute atomic E-state index is 0.174. The molecule has 0 aromatic carbocycles. The van der Waals surface area contributed by atoms with Crippen LogP contribution in [0.4, 0.5) is 0 Å². The topological polar surface area (TPSA) is 112 Å². The summed E-state index contributed by atoms with van der Waals surface area (Å²) in [4.78, 5) is 21.5. The number of esters is 1. The zero-order valence-corrected chi connectivity index (χ0v) is 36.3. The number of rotatable bonds is 45. The van der Waals surface area contributed by atoms with Crippen molar-refractivity contribution in [3.63, 3.8) is 0 Å². The van der Waals surface area contributed by atoms with Crippen LogP contribution in [0.15, 0.2) is 12.5 Å². The van der Waals surface area contributed by atoms with E-state index in [4.69, 9.17) is 24.7 Å². The Morgan fingerprint density at radius 3 is 1.29 bits per heavy atom. The zero-order valence-electron chi connectivity index (χ0n) is 36.3. The number of carbonyl (C=O) groups excluding carboxylic acids is 1. The van der Waals surface area contributed by atoms with Gasteiger partial charge in [0, 0.05) is 24.9 Å². The third kappa shape index (κ3) is 36.6. The number of ether oxygens (including phenoxy) is 4. The third-order valence-corrected chi connectivity index (χ3v) is 10.7. The highest BCUT2D eigenvalue weighted by Crippen LogP contribution is 2.15. The van der Waals surface area contributed by atoms with Crippen molar-refractivity contribution in [2.75, 3.05) is 65.9 Å². The van der Waals surface area contributed by atoms with Crippen molar-refractivity contribution in [3.05, 3.63) is 18.2 Å². The first-order valence-electron chi connectivity index (χ1n) is 23.5. The molecular formula is C46H90N4O5. The van der Waals surface area contributed by atoms with Gasteiger partial charge in [-0.1, -0.05) is 181 Å². The predicted octanol–water partition coefficient (Wildman–Crippen LogP) is 11.1. The quantitative estimate of drug-likeness (QED) is 0.0497. The summed E-state index contributed by atoms with van der Waals surface area (Å²) in [5.74, 6) is -0.440. The first kappa shape index (κ1) is 51.5. The van der Waals surface area contributed by atoms with Gasteiger partial charge in [-0.15, -0.1) is 0 Å². The first-order chi connectivity index (χ1) is 27.2. The van der Waals surface area contributed by atoms with Crippen molar-refractivity contribution in [1.29, 1.82) is 0 Å². The summed E-state index contributed by atoms with van der Waals surface area (Å²) >= 11 is 0. The molecule has 0 aliphatic heterocycles. The average Bonchev–Trinajstić information content (AvgIpc) is 3.71. The highest BCUT2D eigenvalue weighted by Gasteiger charge is 2.16. The van der Waals surface area contributed by atoms with E-state index in [0.717, 1.165) is 18.8 Å². The highest BCUT2D eigenvalue weighted by molar-refractivity contribution is 5.75. The highest BCUT2D eigenvalue weighted by atomic mass is 16.6. The van der Waals surface area contributed by atoms with Crippen LogP contribution in [0.2, 0.25) is 0 Å². The van der Waals surface area contributed by atoms with Gasteiger partial charge in [-0.2, -0.15) is 0 Å². The predicted molar refractivity (Wildman–Crippen MR) is 231 cm³/mol. The number of nitrogens with zero attached hydrogens (tertiary/aromatic N) is 2. The Morgan fingerprint density at radius 1 is 0.545 bits per heavy atom. The zero-order chi connectivity index (χ0) is 39.5. The van der Waals surface area contributed by atoms with Gasteiger partial charge in [-0.3, -0.25) is 4.79 Å². The van der Waals surface area contributed by atoms with Crippen LogP contribution >= 0.6 is 0 Å². The van der Waals surface area contributed by atoms with Crippen LogP contribution in [-0.2, 0) is 30.2 Å². The number of nitrogens with two attached hydrogens (primary N) is 1. The summed E-state index contributed by atoms with van der Waals surface area (Å²) in [5.41, 5.74) is 6.70. The number of carbonyl (C=O) groups is 1. The summed E-state index contributed by atoms with van der Waals surface area (Å²) in [5, 5.41) is 0. The summed E-state index contributed by atoms with van der Waals surface area (Å²) in [7, 11) is 0. The molecule has 0 saturated carbocycles. The van der Waals surface area contributed by atoms with Crippen molar-refractivity contribution >= 4 is 5.97 Å². The Hall–Kier alpha value is -1.52. The van der Waals surface area contributed by atoms with Crippen molar-refractivity contribution in [3.8, 4) is 0 Å². The molecule has 1 aromatic heterocycles. The monoisotopic (exact) mass is 779 g/mol. The fourth-order valence-electron chi connectivity index (χ4n) is 7.16. The summed E-state index contributed by atoms with van der Waals surface area (Å²) in [6.07, 6.45) is 42.9. The molecular weight excluding hydrogens is 689 g/mol. The van der Waals surface area contributed by atoms with Gasteiger partial charge >= 0.3 is 5.97 Å². The molecule has 324 valence electrons. The van der Waals surface area contributed by atoms with Crippen LogP contribution in [0.25, 0.3) is 0 Å². The molecule has 9 heteroatoms. The molecule has 0 amide bonds. The summed E-state index contributed by atoms with van der Waals surface area (Å²) in [6, 6.07) is -0.719. The van der Waals surface area contributed by atoms with Gasteiger partial charge < -0.3 is 34.6 Å². The van der Waals surface area contributed by atoms with Gasteiger partial charge in [-0.25, -0.2) is 4.98 Å². The molecule has 55 heavy (non-hydrogen) atoms. The van der Waals surface area contributed by atoms with Crippen LogP contribution in [0, 0.1) is 0 Å². The molecule has 3 N–H and O–H groups in total. The van der Waals surface area contributed by atoms with E-state index in [1.54, 1.807) is 12.5 Å². The Bertz CT molecular complexity index is 858. The fraction of sp³-hybridized carbons (Fsp3) is 0.913. The largest absolute Gasteiger partial charge is 0.462 e. The molecule has 0 saturated heterocycles. The minimum atomic E-state index is -0.719. The fourth-order valence-corrected chi connectivity index (χ4v) is 7.16. The lowest BCUT2D eigenvalue weighted by Crippen LogP contribution is -2.35. The number of aromatic nitrogens is 2. The van der Waals surface area contributed by atoms with Gasteiger partial charge in [0.1, 0.15) is 12.6 Å². The van der Waals surface area contributed by atoms with E-state index in [-0.39, 0.29) is 6.61 Å². The molecule has 1 unspecified atom stereocenters. The Balaban J connectivity index is 2.10. The van der Waals surface area contributed by atoms with Gasteiger partial charge in [0.25, 0.3) is 0 Å². The van der Waals surface area contributed by atoms with E-state index in [2.05, 4.69) is 28.7 Å². The molecule has 0 spiro atoms. The molecule has 0 radical (unpaired) electrons. The Kier molecular flexibility index (Phi) is 39.4. The molecule has 0 aliphatic carbocycles. The van der Waals surface area contributed by atoms with Crippen LogP contribution in [0.1, 0.15) is 199 Å². The van der Waals surface area contributed by atoms with Crippen LogP contribution in [-0.4, -0.2) is 92.8 Å². The molecule has 1 rings (SSSR count). The second-order valence-corrected chi connectivity index (χ2v) is 15.9. The number of nitrogens with one attached hydrogen (secondary N) is 1. The standard InChI is InChI=1S/C46H90N4O5/c1-3-5-7-9-11-13-15-17-19-21-23-25-27-29-31-50(32-30-28-26-24-22-20-18-16-14-12-10-8-6-4-2)33-34-52-35-36-53-37-38-54-39-40-55-46(51)45(47)41-44-42-48-43-49-44/h42-43,45H,3-41,47H2,1-2H3,(H,48,49). The van der Waals surface area contributed by atoms with Gasteiger partial charge in [0.15, 0.2) is 0 Å². The third-order valence-electron chi connectivity index (χ3n) is 10.7. The normalized spacial score (nSPS) is 12.2. The van der Waals surface area contributed by atoms with E-state index in [1.807, 2.05) is 0 Å². The Morgan fingerprint density at radius 2 is 0.909 bits per heavy atom. The lowest BCUT2D eigenvalue weighted by atomic mass is 10.0. The van der Waals surface area contributed by atoms with Crippen molar-refractivity contribution in [1.82, 2.24) is 14.9 Å². The minimum Gasteiger partial charge on any atom is -0.462 e. The van der Waals surface area contributed by atoms with Crippen molar-refractivity contribution < 1.29 is 23.7 Å². The number of H-pyrrole nitrogens is 1.